The van der Waals surface area contributed by atoms with E-state index < -0.39 is 7.12 Å². The lowest BCUT2D eigenvalue weighted by atomic mass is 9.80. The highest BCUT2D eigenvalue weighted by molar-refractivity contribution is 14.1. The molecule has 0 aliphatic rings. The van der Waals surface area contributed by atoms with Crippen LogP contribution in [0.2, 0.25) is 0 Å². The van der Waals surface area contributed by atoms with Gasteiger partial charge in [-0.2, -0.15) is 0 Å². The lowest BCUT2D eigenvalue weighted by molar-refractivity contribution is 0.426. The summed E-state index contributed by atoms with van der Waals surface area (Å²) in [6, 6.07) is 15.2. The minimum Gasteiger partial charge on any atom is -0.423 e. The van der Waals surface area contributed by atoms with Gasteiger partial charge in [0.05, 0.1) is 8.95 Å². The first-order chi connectivity index (χ1) is 15.2. The van der Waals surface area contributed by atoms with Gasteiger partial charge in [-0.15, -0.1) is 0 Å². The van der Waals surface area contributed by atoms with Crippen molar-refractivity contribution in [3.63, 3.8) is 0 Å². The van der Waals surface area contributed by atoms with E-state index >= 15 is 0 Å². The third-order valence-electron chi connectivity index (χ3n) is 3.89. The molecule has 10 heteroatoms. The molecule has 0 aliphatic carbocycles. The summed E-state index contributed by atoms with van der Waals surface area (Å²) in [6.45, 7) is 4.01. The molecule has 0 atom stereocenters. The first-order valence-electron chi connectivity index (χ1n) is 9.35. The molecule has 2 N–H and O–H groups in total. The zero-order valence-corrected chi connectivity index (χ0v) is 22.7. The van der Waals surface area contributed by atoms with E-state index in [9.17, 15) is 0 Å². The van der Waals surface area contributed by atoms with Crippen molar-refractivity contribution in [2.75, 3.05) is 0 Å². The molecule has 0 fully saturated rings. The van der Waals surface area contributed by atoms with Crippen LogP contribution < -0.4 is 5.46 Å². The quantitative estimate of drug-likeness (QED) is 0.182. The van der Waals surface area contributed by atoms with Gasteiger partial charge >= 0.3 is 7.12 Å². The summed E-state index contributed by atoms with van der Waals surface area (Å²) in [6.07, 6.45) is 6.94. The lowest BCUT2D eigenvalue weighted by Gasteiger charge is -1.99. The van der Waals surface area contributed by atoms with Crippen LogP contribution in [0.4, 0.5) is 0 Å². The molecular formula is C22H20BBr2IN4O2. The fourth-order valence-electron chi connectivity index (χ4n) is 2.20. The highest BCUT2D eigenvalue weighted by atomic mass is 127. The van der Waals surface area contributed by atoms with Crippen molar-refractivity contribution in [1.82, 2.24) is 19.9 Å². The van der Waals surface area contributed by atoms with Crippen LogP contribution in [0.25, 0.3) is 11.4 Å². The van der Waals surface area contributed by atoms with E-state index in [1.165, 1.54) is 5.56 Å². The van der Waals surface area contributed by atoms with Crippen molar-refractivity contribution >= 4 is 67.0 Å². The van der Waals surface area contributed by atoms with Gasteiger partial charge in [0.1, 0.15) is 0 Å². The predicted molar refractivity (Wildman–Crippen MR) is 143 cm³/mol. The van der Waals surface area contributed by atoms with E-state index in [2.05, 4.69) is 93.4 Å². The largest absolute Gasteiger partial charge is 0.488 e. The molecule has 0 amide bonds. The van der Waals surface area contributed by atoms with Crippen LogP contribution in [0.1, 0.15) is 11.1 Å². The van der Waals surface area contributed by atoms with Crippen LogP contribution >= 0.6 is 54.5 Å². The normalized spacial score (nSPS) is 9.72. The maximum atomic E-state index is 8.67. The van der Waals surface area contributed by atoms with Gasteiger partial charge < -0.3 is 10.0 Å². The topological polar surface area (TPSA) is 92.0 Å². The molecule has 32 heavy (non-hydrogen) atoms. The Bertz CT molecular complexity index is 1020. The highest BCUT2D eigenvalue weighted by Crippen LogP contribution is 2.16. The summed E-state index contributed by atoms with van der Waals surface area (Å²) in [5.41, 5.74) is 3.93. The summed E-state index contributed by atoms with van der Waals surface area (Å²) in [5.74, 6) is 0.758. The molecule has 0 unspecified atom stereocenters. The summed E-state index contributed by atoms with van der Waals surface area (Å²) < 4.78 is 2.58. The molecule has 4 aromatic rings. The molecule has 6 nitrogen and oxygen atoms in total. The Morgan fingerprint density at radius 3 is 1.50 bits per heavy atom. The van der Waals surface area contributed by atoms with Gasteiger partial charge in [-0.3, -0.25) is 0 Å². The Morgan fingerprint density at radius 2 is 1.09 bits per heavy atom. The van der Waals surface area contributed by atoms with E-state index in [4.69, 9.17) is 10.0 Å². The summed E-state index contributed by atoms with van der Waals surface area (Å²) >= 11 is 8.58. The Labute approximate surface area is 218 Å². The number of hydrogen-bond donors (Lipinski definition) is 2. The highest BCUT2D eigenvalue weighted by Gasteiger charge is 2.08. The minimum atomic E-state index is -1.35. The van der Waals surface area contributed by atoms with Crippen molar-refractivity contribution in [3.8, 4) is 11.4 Å². The maximum Gasteiger partial charge on any atom is 0.488 e. The van der Waals surface area contributed by atoms with Crippen molar-refractivity contribution in [2.45, 2.75) is 13.8 Å². The number of hydrogen-bond acceptors (Lipinski definition) is 6. The van der Waals surface area contributed by atoms with Gasteiger partial charge in [0.2, 0.25) is 0 Å². The second-order valence-electron chi connectivity index (χ2n) is 6.55. The molecule has 4 rings (SSSR count). The average molecular weight is 670 g/mol. The summed E-state index contributed by atoms with van der Waals surface area (Å²) in [5, 5.41) is 17.3. The monoisotopic (exact) mass is 668 g/mol. The van der Waals surface area contributed by atoms with E-state index in [1.807, 2.05) is 31.2 Å². The number of rotatable bonds is 2. The molecule has 0 bridgehead atoms. The van der Waals surface area contributed by atoms with Crippen LogP contribution in [0.5, 0.6) is 0 Å². The molecule has 0 spiro atoms. The van der Waals surface area contributed by atoms with Gasteiger partial charge in [-0.05, 0) is 51.2 Å². The fraction of sp³-hybridized carbons (Fsp3) is 0.0909. The predicted octanol–water partition coefficient (Wildman–Crippen LogP) is 4.73. The standard InChI is InChI=1S/C11H9BrN2.C7H9BO2.C4H2BrIN2/c1-8-2-4-9(5-3-8)11-13-6-10(12)7-14-11;1-6-2-4-7(5-3-6)8(9)10;5-3-1-7-4(6)8-2-3/h2-7H,1H3;2-5,9-10H,1H3;1-2H. The molecule has 2 aromatic heterocycles. The molecule has 2 aromatic carbocycles. The summed E-state index contributed by atoms with van der Waals surface area (Å²) in [4.78, 5) is 16.3. The molecular weight excluding hydrogens is 650 g/mol. The average Bonchev–Trinajstić information content (AvgIpc) is 2.78. The zero-order valence-electron chi connectivity index (χ0n) is 17.3. The fourth-order valence-corrected chi connectivity index (χ4v) is 2.89. The van der Waals surface area contributed by atoms with Crippen LogP contribution in [0.3, 0.4) is 0 Å². The SMILES string of the molecule is Brc1cnc(I)nc1.Cc1ccc(-c2ncc(Br)cn2)cc1.Cc1ccc(B(O)O)cc1. The van der Waals surface area contributed by atoms with Gasteiger partial charge in [0.15, 0.2) is 9.66 Å². The van der Waals surface area contributed by atoms with Gasteiger partial charge in [0, 0.05) is 52.9 Å². The Balaban J connectivity index is 0.000000178. The maximum absolute atomic E-state index is 8.67. The van der Waals surface area contributed by atoms with E-state index in [-0.39, 0.29) is 0 Å². The first kappa shape index (κ1) is 26.5. The van der Waals surface area contributed by atoms with Gasteiger partial charge in [-0.25, -0.2) is 19.9 Å². The Hall–Kier alpha value is -1.73. The Kier molecular flexibility index (Phi) is 11.4. The number of nitrogens with zero attached hydrogens (tertiary/aromatic N) is 4. The third-order valence-corrected chi connectivity index (χ3v) is 5.27. The summed E-state index contributed by atoms with van der Waals surface area (Å²) in [7, 11) is -1.35. The van der Waals surface area contributed by atoms with Crippen molar-refractivity contribution in [3.05, 3.63) is 97.2 Å². The number of halogens is 3. The van der Waals surface area contributed by atoms with Gasteiger partial charge in [-0.1, -0.05) is 59.7 Å². The van der Waals surface area contributed by atoms with Crippen molar-refractivity contribution < 1.29 is 10.0 Å². The molecule has 0 saturated carbocycles. The third kappa shape index (κ3) is 9.82. The first-order valence-corrected chi connectivity index (χ1v) is 12.0. The van der Waals surface area contributed by atoms with Crippen molar-refractivity contribution in [2.24, 2.45) is 0 Å². The van der Waals surface area contributed by atoms with Gasteiger partial charge in [0.25, 0.3) is 0 Å². The van der Waals surface area contributed by atoms with E-state index in [0.717, 1.165) is 29.7 Å². The number of aromatic nitrogens is 4. The number of aryl methyl sites for hydroxylation is 2. The molecule has 2 heterocycles. The second-order valence-corrected chi connectivity index (χ2v) is 9.34. The lowest BCUT2D eigenvalue weighted by Crippen LogP contribution is -2.29. The molecule has 0 radical (unpaired) electrons. The number of benzene rings is 2. The van der Waals surface area contributed by atoms with E-state index in [1.54, 1.807) is 36.9 Å². The smallest absolute Gasteiger partial charge is 0.423 e. The second kappa shape index (κ2) is 13.7. The molecule has 0 saturated heterocycles. The van der Waals surface area contributed by atoms with Crippen LogP contribution in [0.15, 0.2) is 82.3 Å². The molecule has 164 valence electrons. The minimum absolute atomic E-state index is 0.533. The van der Waals surface area contributed by atoms with Crippen LogP contribution in [-0.4, -0.2) is 37.1 Å². The van der Waals surface area contributed by atoms with Crippen molar-refractivity contribution in [1.29, 1.82) is 0 Å². The van der Waals surface area contributed by atoms with Crippen LogP contribution in [0, 0.1) is 17.7 Å². The van der Waals surface area contributed by atoms with Crippen LogP contribution in [-0.2, 0) is 0 Å². The molecule has 0 aliphatic heterocycles. The Morgan fingerprint density at radius 1 is 0.688 bits per heavy atom. The van der Waals surface area contributed by atoms with E-state index in [0.29, 0.717) is 5.46 Å². The zero-order chi connectivity index (χ0) is 23.5.